The van der Waals surface area contributed by atoms with Gasteiger partial charge in [-0.05, 0) is 37.1 Å². The SMILES string of the molecule is N[C@@H]1CCCN(c2nc3ccccc3n2Cc2c(Cl)cccc2Cl)C1. The molecule has 0 saturated carbocycles. The number of hydrogen-bond donors (Lipinski definition) is 1. The van der Waals surface area contributed by atoms with Crippen LogP contribution in [0.3, 0.4) is 0 Å². The number of halogens is 2. The highest BCUT2D eigenvalue weighted by atomic mass is 35.5. The Morgan fingerprint density at radius 2 is 1.84 bits per heavy atom. The minimum Gasteiger partial charge on any atom is -0.341 e. The maximum atomic E-state index is 6.41. The molecule has 1 atom stereocenters. The Bertz CT molecular complexity index is 885. The Hall–Kier alpha value is -1.75. The van der Waals surface area contributed by atoms with Crippen LogP contribution in [0.25, 0.3) is 11.0 Å². The average Bonchev–Trinajstić information content (AvgIpc) is 2.97. The molecule has 0 radical (unpaired) electrons. The van der Waals surface area contributed by atoms with E-state index < -0.39 is 0 Å². The molecule has 25 heavy (non-hydrogen) atoms. The Morgan fingerprint density at radius 1 is 1.08 bits per heavy atom. The molecule has 0 amide bonds. The van der Waals surface area contributed by atoms with E-state index in [2.05, 4.69) is 15.5 Å². The van der Waals surface area contributed by atoms with Crippen LogP contribution in [0.5, 0.6) is 0 Å². The zero-order chi connectivity index (χ0) is 17.4. The first kappa shape index (κ1) is 16.7. The number of nitrogens with zero attached hydrogens (tertiary/aromatic N) is 3. The van der Waals surface area contributed by atoms with E-state index in [0.29, 0.717) is 16.6 Å². The summed E-state index contributed by atoms with van der Waals surface area (Å²) >= 11 is 12.8. The van der Waals surface area contributed by atoms with Gasteiger partial charge < -0.3 is 15.2 Å². The van der Waals surface area contributed by atoms with Gasteiger partial charge in [-0.3, -0.25) is 0 Å². The fraction of sp³-hybridized carbons (Fsp3) is 0.316. The summed E-state index contributed by atoms with van der Waals surface area (Å²) in [6, 6.07) is 14.0. The van der Waals surface area contributed by atoms with E-state index in [1.54, 1.807) is 0 Å². The molecule has 1 aliphatic rings. The lowest BCUT2D eigenvalue weighted by Gasteiger charge is -2.32. The Kier molecular flexibility index (Phi) is 4.59. The predicted octanol–water partition coefficient (Wildman–Crippen LogP) is 4.32. The fourth-order valence-electron chi connectivity index (χ4n) is 3.49. The van der Waals surface area contributed by atoms with Crippen LogP contribution >= 0.6 is 23.2 Å². The zero-order valence-corrected chi connectivity index (χ0v) is 15.3. The number of anilines is 1. The molecular weight excluding hydrogens is 355 g/mol. The van der Waals surface area contributed by atoms with Gasteiger partial charge in [0.2, 0.25) is 5.95 Å². The van der Waals surface area contributed by atoms with Gasteiger partial charge in [-0.25, -0.2) is 4.98 Å². The first-order valence-electron chi connectivity index (χ1n) is 8.52. The van der Waals surface area contributed by atoms with Crippen molar-refractivity contribution in [1.82, 2.24) is 9.55 Å². The Labute approximate surface area is 157 Å². The number of para-hydroxylation sites is 2. The van der Waals surface area contributed by atoms with Gasteiger partial charge in [0.25, 0.3) is 0 Å². The molecule has 6 heteroatoms. The first-order valence-corrected chi connectivity index (χ1v) is 9.28. The number of aromatic nitrogens is 2. The second-order valence-corrected chi connectivity index (χ2v) is 7.35. The molecule has 1 aliphatic heterocycles. The van der Waals surface area contributed by atoms with E-state index in [1.165, 1.54) is 0 Å². The molecule has 0 spiro atoms. The molecule has 2 aromatic carbocycles. The van der Waals surface area contributed by atoms with E-state index >= 15 is 0 Å². The Morgan fingerprint density at radius 3 is 2.60 bits per heavy atom. The zero-order valence-electron chi connectivity index (χ0n) is 13.8. The van der Waals surface area contributed by atoms with E-state index in [4.69, 9.17) is 33.9 Å². The highest BCUT2D eigenvalue weighted by molar-refractivity contribution is 6.36. The van der Waals surface area contributed by atoms with Crippen LogP contribution in [0, 0.1) is 0 Å². The number of rotatable bonds is 3. The summed E-state index contributed by atoms with van der Waals surface area (Å²) in [6.45, 7) is 2.37. The maximum Gasteiger partial charge on any atom is 0.206 e. The third-order valence-electron chi connectivity index (χ3n) is 4.75. The number of hydrogen-bond acceptors (Lipinski definition) is 3. The summed E-state index contributed by atoms with van der Waals surface area (Å²) in [6.07, 6.45) is 2.14. The topological polar surface area (TPSA) is 47.1 Å². The molecule has 1 aromatic heterocycles. The van der Waals surface area contributed by atoms with Gasteiger partial charge in [0.05, 0.1) is 17.6 Å². The maximum absolute atomic E-state index is 6.41. The lowest BCUT2D eigenvalue weighted by molar-refractivity contribution is 0.495. The van der Waals surface area contributed by atoms with Crippen molar-refractivity contribution in [3.63, 3.8) is 0 Å². The van der Waals surface area contributed by atoms with E-state index in [1.807, 2.05) is 36.4 Å². The van der Waals surface area contributed by atoms with Crippen molar-refractivity contribution in [3.8, 4) is 0 Å². The van der Waals surface area contributed by atoms with Crippen molar-refractivity contribution in [2.24, 2.45) is 5.73 Å². The second-order valence-electron chi connectivity index (χ2n) is 6.54. The van der Waals surface area contributed by atoms with Crippen LogP contribution in [0.15, 0.2) is 42.5 Å². The third-order valence-corrected chi connectivity index (χ3v) is 5.46. The summed E-state index contributed by atoms with van der Waals surface area (Å²) in [5, 5.41) is 1.35. The molecule has 130 valence electrons. The summed E-state index contributed by atoms with van der Waals surface area (Å²) in [5.74, 6) is 0.937. The summed E-state index contributed by atoms with van der Waals surface area (Å²) < 4.78 is 2.19. The van der Waals surface area contributed by atoms with E-state index in [9.17, 15) is 0 Å². The predicted molar refractivity (Wildman–Crippen MR) is 105 cm³/mol. The fourth-order valence-corrected chi connectivity index (χ4v) is 4.01. The van der Waals surface area contributed by atoms with Gasteiger partial charge in [0.15, 0.2) is 0 Å². The molecular formula is C19H20Cl2N4. The van der Waals surface area contributed by atoms with E-state index in [0.717, 1.165) is 48.5 Å². The van der Waals surface area contributed by atoms with Crippen molar-refractivity contribution in [2.45, 2.75) is 25.4 Å². The monoisotopic (exact) mass is 374 g/mol. The molecule has 0 aliphatic carbocycles. The Balaban J connectivity index is 1.82. The quantitative estimate of drug-likeness (QED) is 0.742. The average molecular weight is 375 g/mol. The van der Waals surface area contributed by atoms with Gasteiger partial charge in [0.1, 0.15) is 0 Å². The van der Waals surface area contributed by atoms with Gasteiger partial charge >= 0.3 is 0 Å². The lowest BCUT2D eigenvalue weighted by atomic mass is 10.1. The van der Waals surface area contributed by atoms with Crippen LogP contribution in [0.4, 0.5) is 5.95 Å². The number of nitrogens with two attached hydrogens (primary N) is 1. The van der Waals surface area contributed by atoms with Gasteiger partial charge in [-0.1, -0.05) is 41.4 Å². The van der Waals surface area contributed by atoms with Crippen molar-refractivity contribution in [2.75, 3.05) is 18.0 Å². The first-order chi connectivity index (χ1) is 12.1. The summed E-state index contributed by atoms with van der Waals surface area (Å²) in [5.41, 5.74) is 9.15. The van der Waals surface area contributed by atoms with Crippen molar-refractivity contribution < 1.29 is 0 Å². The van der Waals surface area contributed by atoms with Crippen molar-refractivity contribution in [3.05, 3.63) is 58.1 Å². The summed E-state index contributed by atoms with van der Waals surface area (Å²) in [7, 11) is 0. The minimum atomic E-state index is 0.186. The van der Waals surface area contributed by atoms with Gasteiger partial charge in [0, 0.05) is 34.7 Å². The lowest BCUT2D eigenvalue weighted by Crippen LogP contribution is -2.44. The standard InChI is InChI=1S/C19H20Cl2N4/c20-15-6-3-7-16(21)14(15)12-25-18-9-2-1-8-17(18)23-19(25)24-10-4-5-13(22)11-24/h1-3,6-9,13H,4-5,10-12,22H2/t13-/m1/s1. The van der Waals surface area contributed by atoms with Crippen LogP contribution in [0.1, 0.15) is 18.4 Å². The van der Waals surface area contributed by atoms with Gasteiger partial charge in [-0.15, -0.1) is 0 Å². The molecule has 0 bridgehead atoms. The molecule has 0 unspecified atom stereocenters. The van der Waals surface area contributed by atoms with Crippen LogP contribution in [0.2, 0.25) is 10.0 Å². The van der Waals surface area contributed by atoms with Crippen LogP contribution in [-0.4, -0.2) is 28.7 Å². The molecule has 1 saturated heterocycles. The molecule has 3 aromatic rings. The van der Waals surface area contributed by atoms with Crippen LogP contribution < -0.4 is 10.6 Å². The molecule has 4 nitrogen and oxygen atoms in total. The number of imidazole rings is 1. The number of benzene rings is 2. The molecule has 4 rings (SSSR count). The minimum absolute atomic E-state index is 0.186. The van der Waals surface area contributed by atoms with Gasteiger partial charge in [-0.2, -0.15) is 0 Å². The molecule has 2 heterocycles. The number of piperidine rings is 1. The van der Waals surface area contributed by atoms with Crippen molar-refractivity contribution >= 4 is 40.2 Å². The smallest absolute Gasteiger partial charge is 0.206 e. The third kappa shape index (κ3) is 3.22. The second kappa shape index (κ2) is 6.87. The molecule has 2 N–H and O–H groups in total. The molecule has 1 fully saturated rings. The van der Waals surface area contributed by atoms with Crippen LogP contribution in [-0.2, 0) is 6.54 Å². The number of fused-ring (bicyclic) bond motifs is 1. The normalized spacial score (nSPS) is 18.0. The van der Waals surface area contributed by atoms with Crippen molar-refractivity contribution in [1.29, 1.82) is 0 Å². The van der Waals surface area contributed by atoms with E-state index in [-0.39, 0.29) is 6.04 Å². The largest absolute Gasteiger partial charge is 0.341 e. The summed E-state index contributed by atoms with van der Waals surface area (Å²) in [4.78, 5) is 7.15. The highest BCUT2D eigenvalue weighted by Gasteiger charge is 2.23. The highest BCUT2D eigenvalue weighted by Crippen LogP contribution is 2.30.